The van der Waals surface area contributed by atoms with Crippen molar-refractivity contribution in [1.29, 1.82) is 0 Å². The summed E-state index contributed by atoms with van der Waals surface area (Å²) in [5.74, 6) is -1.67. The molecule has 29 heavy (non-hydrogen) atoms. The zero-order valence-corrected chi connectivity index (χ0v) is 17.7. The summed E-state index contributed by atoms with van der Waals surface area (Å²) in [6.45, 7) is 6.03. The predicted octanol–water partition coefficient (Wildman–Crippen LogP) is 5.16. The summed E-state index contributed by atoms with van der Waals surface area (Å²) in [6, 6.07) is 9.78. The van der Waals surface area contributed by atoms with E-state index in [4.69, 9.17) is 9.47 Å². The van der Waals surface area contributed by atoms with Crippen LogP contribution in [-0.4, -0.2) is 36.0 Å². The van der Waals surface area contributed by atoms with E-state index < -0.39 is 11.8 Å². The van der Waals surface area contributed by atoms with E-state index in [-0.39, 0.29) is 34.9 Å². The van der Waals surface area contributed by atoms with E-state index in [0.717, 1.165) is 0 Å². The summed E-state index contributed by atoms with van der Waals surface area (Å²) in [4.78, 5) is 12.3. The van der Waals surface area contributed by atoms with E-state index in [9.17, 15) is 13.6 Å². The van der Waals surface area contributed by atoms with Crippen molar-refractivity contribution >= 4 is 32.2 Å². The van der Waals surface area contributed by atoms with Crippen LogP contribution in [0.25, 0.3) is 5.70 Å². The summed E-state index contributed by atoms with van der Waals surface area (Å²) in [5.41, 5.74) is 0.999. The first kappa shape index (κ1) is 22.7. The molecule has 0 spiro atoms. The van der Waals surface area contributed by atoms with Crippen molar-refractivity contribution in [2.24, 2.45) is 5.10 Å². The van der Waals surface area contributed by atoms with Crippen LogP contribution in [0.15, 0.2) is 54.1 Å². The minimum atomic E-state index is -0.649. The molecule has 0 unspecified atom stereocenters. The highest BCUT2D eigenvalue weighted by Crippen LogP contribution is 2.23. The van der Waals surface area contributed by atoms with Gasteiger partial charge in [-0.1, -0.05) is 19.6 Å². The fraction of sp³-hybridized carbons (Fsp3) is 0.238. The average molecular weight is 467 g/mol. The van der Waals surface area contributed by atoms with Gasteiger partial charge in [-0.05, 0) is 64.3 Å². The maximum atomic E-state index is 14.6. The SMILES string of the molecule is C=C(c1ccc(F)cc1)N(COC)/N=C(\Br)c1c(F)cccc1C(=O)OCCC. The third-order valence-corrected chi connectivity index (χ3v) is 4.38. The first-order valence-electron chi connectivity index (χ1n) is 8.80. The van der Waals surface area contributed by atoms with Crippen LogP contribution in [0.5, 0.6) is 0 Å². The van der Waals surface area contributed by atoms with Gasteiger partial charge in [0.25, 0.3) is 0 Å². The molecule has 0 amide bonds. The number of ether oxygens (including phenoxy) is 2. The molecule has 2 aromatic rings. The Bertz CT molecular complexity index is 901. The van der Waals surface area contributed by atoms with Gasteiger partial charge in [-0.3, -0.25) is 0 Å². The van der Waals surface area contributed by atoms with Crippen molar-refractivity contribution in [3.8, 4) is 0 Å². The molecule has 2 rings (SSSR count). The average Bonchev–Trinajstić information content (AvgIpc) is 2.71. The fourth-order valence-electron chi connectivity index (χ4n) is 2.41. The first-order chi connectivity index (χ1) is 13.9. The van der Waals surface area contributed by atoms with Crippen LogP contribution in [0.1, 0.15) is 34.8 Å². The number of halogens is 3. The molecule has 0 aliphatic rings. The van der Waals surface area contributed by atoms with Crippen molar-refractivity contribution < 1.29 is 23.0 Å². The van der Waals surface area contributed by atoms with Crippen molar-refractivity contribution in [2.75, 3.05) is 20.4 Å². The summed E-state index contributed by atoms with van der Waals surface area (Å²) in [5, 5.41) is 5.69. The van der Waals surface area contributed by atoms with Crippen molar-refractivity contribution in [2.45, 2.75) is 13.3 Å². The number of nitrogens with zero attached hydrogens (tertiary/aromatic N) is 2. The zero-order chi connectivity index (χ0) is 21.4. The quantitative estimate of drug-likeness (QED) is 0.221. The highest BCUT2D eigenvalue weighted by Gasteiger charge is 2.21. The molecule has 0 heterocycles. The van der Waals surface area contributed by atoms with Crippen LogP contribution in [0.2, 0.25) is 0 Å². The summed E-state index contributed by atoms with van der Waals surface area (Å²) in [7, 11) is 1.46. The monoisotopic (exact) mass is 466 g/mol. The van der Waals surface area contributed by atoms with Gasteiger partial charge in [0.1, 0.15) is 23.0 Å². The second kappa shape index (κ2) is 10.8. The molecule has 0 aliphatic carbocycles. The largest absolute Gasteiger partial charge is 0.462 e. The van der Waals surface area contributed by atoms with Gasteiger partial charge in [0.2, 0.25) is 0 Å². The molecule has 0 N–H and O–H groups in total. The molecule has 8 heteroatoms. The van der Waals surface area contributed by atoms with Gasteiger partial charge in [-0.15, -0.1) is 0 Å². The van der Waals surface area contributed by atoms with Gasteiger partial charge in [-0.2, -0.15) is 5.10 Å². The fourth-order valence-corrected chi connectivity index (χ4v) is 3.01. The Balaban J connectivity index is 2.41. The van der Waals surface area contributed by atoms with Crippen molar-refractivity contribution in [1.82, 2.24) is 5.01 Å². The van der Waals surface area contributed by atoms with Gasteiger partial charge in [0.05, 0.1) is 23.4 Å². The zero-order valence-electron chi connectivity index (χ0n) is 16.1. The second-order valence-electron chi connectivity index (χ2n) is 5.96. The Morgan fingerprint density at radius 2 is 1.90 bits per heavy atom. The van der Waals surface area contributed by atoms with E-state index in [2.05, 4.69) is 27.6 Å². The smallest absolute Gasteiger partial charge is 0.338 e. The van der Waals surface area contributed by atoms with Gasteiger partial charge in [0.15, 0.2) is 0 Å². The maximum absolute atomic E-state index is 14.6. The highest BCUT2D eigenvalue weighted by molar-refractivity contribution is 9.18. The molecule has 0 fully saturated rings. The number of hydrazone groups is 1. The van der Waals surface area contributed by atoms with Crippen LogP contribution in [0, 0.1) is 11.6 Å². The molecule has 2 aromatic carbocycles. The lowest BCUT2D eigenvalue weighted by Gasteiger charge is -2.21. The van der Waals surface area contributed by atoms with Crippen LogP contribution in [0.3, 0.4) is 0 Å². The molecule has 0 bridgehead atoms. The van der Waals surface area contributed by atoms with Gasteiger partial charge in [0, 0.05) is 7.11 Å². The summed E-state index contributed by atoms with van der Waals surface area (Å²) in [6.07, 6.45) is 0.644. The number of carbonyl (C=O) groups is 1. The third-order valence-electron chi connectivity index (χ3n) is 3.83. The van der Waals surface area contributed by atoms with Gasteiger partial charge < -0.3 is 9.47 Å². The van der Waals surface area contributed by atoms with Crippen LogP contribution < -0.4 is 0 Å². The summed E-state index contributed by atoms with van der Waals surface area (Å²) >= 11 is 3.25. The minimum Gasteiger partial charge on any atom is -0.462 e. The van der Waals surface area contributed by atoms with E-state index >= 15 is 0 Å². The first-order valence-corrected chi connectivity index (χ1v) is 9.59. The number of carbonyl (C=O) groups excluding carboxylic acids is 1. The van der Waals surface area contributed by atoms with E-state index in [1.807, 2.05) is 6.92 Å². The van der Waals surface area contributed by atoms with E-state index in [0.29, 0.717) is 17.7 Å². The molecule has 0 aromatic heterocycles. The Kier molecular flexibility index (Phi) is 8.48. The second-order valence-corrected chi connectivity index (χ2v) is 6.71. The Morgan fingerprint density at radius 3 is 2.52 bits per heavy atom. The number of methoxy groups -OCH3 is 1. The number of benzene rings is 2. The molecule has 0 saturated heterocycles. The lowest BCUT2D eigenvalue weighted by atomic mass is 10.1. The molecule has 0 aliphatic heterocycles. The Hall–Kier alpha value is -2.58. The van der Waals surface area contributed by atoms with Crippen molar-refractivity contribution in [3.63, 3.8) is 0 Å². The molecule has 0 saturated carbocycles. The van der Waals surface area contributed by atoms with Gasteiger partial charge >= 0.3 is 5.97 Å². The van der Waals surface area contributed by atoms with Crippen LogP contribution in [-0.2, 0) is 9.47 Å². The molecule has 5 nitrogen and oxygen atoms in total. The lowest BCUT2D eigenvalue weighted by molar-refractivity contribution is 0.0504. The molecule has 0 atom stereocenters. The minimum absolute atomic E-state index is 0.00459. The van der Waals surface area contributed by atoms with Gasteiger partial charge in [-0.25, -0.2) is 18.6 Å². The third kappa shape index (κ3) is 5.95. The summed E-state index contributed by atoms with van der Waals surface area (Å²) < 4.78 is 38.1. The number of hydrogen-bond acceptors (Lipinski definition) is 5. The number of rotatable bonds is 9. The Morgan fingerprint density at radius 1 is 1.21 bits per heavy atom. The van der Waals surface area contributed by atoms with E-state index in [1.54, 1.807) is 12.1 Å². The van der Waals surface area contributed by atoms with Crippen molar-refractivity contribution in [3.05, 3.63) is 77.4 Å². The van der Waals surface area contributed by atoms with Crippen LogP contribution in [0.4, 0.5) is 8.78 Å². The molecular weight excluding hydrogens is 446 g/mol. The number of esters is 1. The standard InChI is InChI=1S/C21H21BrF2N2O3/c1-4-12-29-21(27)17-6-5-7-18(24)19(17)20(22)25-26(13-28-3)14(2)15-8-10-16(23)11-9-15/h5-11H,2,4,12-13H2,1,3H3/b25-20-. The predicted molar refractivity (Wildman–Crippen MR) is 112 cm³/mol. The molecule has 154 valence electrons. The lowest BCUT2D eigenvalue weighted by Crippen LogP contribution is -2.21. The topological polar surface area (TPSA) is 51.1 Å². The normalized spacial score (nSPS) is 11.3. The Labute approximate surface area is 176 Å². The number of hydrogen-bond donors (Lipinski definition) is 0. The molecule has 0 radical (unpaired) electrons. The van der Waals surface area contributed by atoms with E-state index in [1.165, 1.54) is 42.5 Å². The molecular formula is C21H21BrF2N2O3. The van der Waals surface area contributed by atoms with Crippen LogP contribution >= 0.6 is 15.9 Å². The highest BCUT2D eigenvalue weighted by atomic mass is 79.9. The maximum Gasteiger partial charge on any atom is 0.338 e.